The molecule has 4 rings (SSSR count). The van der Waals surface area contributed by atoms with Crippen molar-refractivity contribution in [1.29, 1.82) is 0 Å². The summed E-state index contributed by atoms with van der Waals surface area (Å²) in [5.74, 6) is 1.14. The SMILES string of the molecule is O=C(/C=C/c1ccc(S(=O)(=O)N2CCCCCC2)cc1)N(Cc1ccco1)Cc1ccco1. The predicted molar refractivity (Wildman–Crippen MR) is 124 cm³/mol. The molecule has 0 radical (unpaired) electrons. The largest absolute Gasteiger partial charge is 0.467 e. The van der Waals surface area contributed by atoms with Crippen LogP contribution >= 0.6 is 0 Å². The van der Waals surface area contributed by atoms with E-state index in [0.29, 0.717) is 37.7 Å². The summed E-state index contributed by atoms with van der Waals surface area (Å²) < 4.78 is 38.2. The van der Waals surface area contributed by atoms with E-state index in [1.807, 2.05) is 12.1 Å². The number of furan rings is 2. The molecular weight excluding hydrogens is 440 g/mol. The van der Waals surface area contributed by atoms with Crippen molar-refractivity contribution >= 4 is 22.0 Å². The molecule has 8 heteroatoms. The molecule has 3 heterocycles. The number of rotatable bonds is 8. The molecular formula is C25H28N2O5S. The minimum Gasteiger partial charge on any atom is -0.467 e. The highest BCUT2D eigenvalue weighted by Gasteiger charge is 2.24. The zero-order chi connectivity index (χ0) is 23.1. The van der Waals surface area contributed by atoms with Crippen LogP contribution in [0.3, 0.4) is 0 Å². The Morgan fingerprint density at radius 3 is 1.97 bits per heavy atom. The lowest BCUT2D eigenvalue weighted by Gasteiger charge is -2.20. The summed E-state index contributed by atoms with van der Waals surface area (Å²) in [6.07, 6.45) is 10.2. The Balaban J connectivity index is 1.44. The van der Waals surface area contributed by atoms with Crippen LogP contribution in [0.4, 0.5) is 0 Å². The maximum Gasteiger partial charge on any atom is 0.247 e. The highest BCUT2D eigenvalue weighted by atomic mass is 32.2. The molecule has 0 N–H and O–H groups in total. The Kier molecular flexibility index (Phi) is 7.47. The van der Waals surface area contributed by atoms with E-state index < -0.39 is 10.0 Å². The quantitative estimate of drug-likeness (QED) is 0.448. The number of hydrogen-bond acceptors (Lipinski definition) is 5. The van der Waals surface area contributed by atoms with E-state index >= 15 is 0 Å². The maximum atomic E-state index is 12.9. The van der Waals surface area contributed by atoms with Crippen LogP contribution in [0.2, 0.25) is 0 Å². The van der Waals surface area contributed by atoms with Crippen LogP contribution in [0.5, 0.6) is 0 Å². The van der Waals surface area contributed by atoms with Crippen molar-refractivity contribution < 1.29 is 22.0 Å². The molecule has 1 aromatic carbocycles. The van der Waals surface area contributed by atoms with Gasteiger partial charge >= 0.3 is 0 Å². The van der Waals surface area contributed by atoms with Gasteiger partial charge in [-0.15, -0.1) is 0 Å². The van der Waals surface area contributed by atoms with Gasteiger partial charge in [0.15, 0.2) is 0 Å². The zero-order valence-electron chi connectivity index (χ0n) is 18.4. The monoisotopic (exact) mass is 468 g/mol. The molecule has 0 atom stereocenters. The molecule has 33 heavy (non-hydrogen) atoms. The first-order valence-electron chi connectivity index (χ1n) is 11.1. The zero-order valence-corrected chi connectivity index (χ0v) is 19.2. The molecule has 0 saturated carbocycles. The van der Waals surface area contributed by atoms with Crippen LogP contribution in [0, 0.1) is 0 Å². The summed E-state index contributed by atoms with van der Waals surface area (Å²) in [6, 6.07) is 13.8. The fourth-order valence-electron chi connectivity index (χ4n) is 3.85. The summed E-state index contributed by atoms with van der Waals surface area (Å²) in [4.78, 5) is 14.8. The lowest BCUT2D eigenvalue weighted by molar-refractivity contribution is -0.127. The fraction of sp³-hybridized carbons (Fsp3) is 0.320. The molecule has 1 aliphatic rings. The van der Waals surface area contributed by atoms with Crippen molar-refractivity contribution in [2.24, 2.45) is 0 Å². The van der Waals surface area contributed by atoms with Crippen molar-refractivity contribution in [2.45, 2.75) is 43.7 Å². The minimum absolute atomic E-state index is 0.205. The fourth-order valence-corrected chi connectivity index (χ4v) is 5.37. The number of benzene rings is 1. The summed E-state index contributed by atoms with van der Waals surface area (Å²) in [7, 11) is -3.49. The van der Waals surface area contributed by atoms with Crippen molar-refractivity contribution in [3.63, 3.8) is 0 Å². The third-order valence-corrected chi connectivity index (χ3v) is 7.58. The average Bonchev–Trinajstić information content (AvgIpc) is 3.46. The summed E-state index contributed by atoms with van der Waals surface area (Å²) in [6.45, 7) is 1.76. The first kappa shape index (κ1) is 23.1. The number of sulfonamides is 1. The van der Waals surface area contributed by atoms with Gasteiger partial charge in [0.1, 0.15) is 11.5 Å². The molecule has 3 aromatic rings. The second kappa shape index (κ2) is 10.7. The normalized spacial score (nSPS) is 15.5. The predicted octanol–water partition coefficient (Wildman–Crippen LogP) is 4.68. The molecule has 0 aliphatic carbocycles. The van der Waals surface area contributed by atoms with Gasteiger partial charge in [0.05, 0.1) is 30.5 Å². The van der Waals surface area contributed by atoms with Gasteiger partial charge < -0.3 is 13.7 Å². The van der Waals surface area contributed by atoms with Crippen molar-refractivity contribution in [2.75, 3.05) is 13.1 Å². The molecule has 1 fully saturated rings. The molecule has 0 bridgehead atoms. The topological polar surface area (TPSA) is 84.0 Å². The smallest absolute Gasteiger partial charge is 0.247 e. The standard InChI is InChI=1S/C25H28N2O5S/c28-25(26(19-22-7-5-17-31-22)20-23-8-6-18-32-23)14-11-21-9-12-24(13-10-21)33(29,30)27-15-3-1-2-4-16-27/h5-14,17-18H,1-4,15-16,19-20H2/b14-11+. The average molecular weight is 469 g/mol. The van der Waals surface area contributed by atoms with Gasteiger partial charge in [-0.05, 0) is 60.9 Å². The molecule has 2 aromatic heterocycles. The lowest BCUT2D eigenvalue weighted by atomic mass is 10.2. The van der Waals surface area contributed by atoms with Crippen LogP contribution in [-0.2, 0) is 27.9 Å². The molecule has 7 nitrogen and oxygen atoms in total. The van der Waals surface area contributed by atoms with E-state index in [1.165, 1.54) is 6.08 Å². The van der Waals surface area contributed by atoms with E-state index in [0.717, 1.165) is 31.2 Å². The number of amides is 1. The number of carbonyl (C=O) groups excluding carboxylic acids is 1. The van der Waals surface area contributed by atoms with E-state index in [2.05, 4.69) is 0 Å². The second-order valence-electron chi connectivity index (χ2n) is 8.07. The first-order valence-corrected chi connectivity index (χ1v) is 12.6. The van der Waals surface area contributed by atoms with Gasteiger partial charge in [0.2, 0.25) is 15.9 Å². The third-order valence-electron chi connectivity index (χ3n) is 5.67. The molecule has 1 aliphatic heterocycles. The summed E-state index contributed by atoms with van der Waals surface area (Å²) >= 11 is 0. The maximum absolute atomic E-state index is 12.9. The van der Waals surface area contributed by atoms with Crippen LogP contribution in [0.15, 0.2) is 80.9 Å². The molecule has 0 unspecified atom stereocenters. The van der Waals surface area contributed by atoms with Crippen LogP contribution in [0.1, 0.15) is 42.8 Å². The molecule has 0 spiro atoms. The number of carbonyl (C=O) groups is 1. The Morgan fingerprint density at radius 1 is 0.879 bits per heavy atom. The van der Waals surface area contributed by atoms with Gasteiger partial charge in [-0.3, -0.25) is 4.79 Å². The summed E-state index contributed by atoms with van der Waals surface area (Å²) in [5.41, 5.74) is 0.745. The highest BCUT2D eigenvalue weighted by molar-refractivity contribution is 7.89. The van der Waals surface area contributed by atoms with Crippen molar-refractivity contribution in [3.05, 3.63) is 84.2 Å². The van der Waals surface area contributed by atoms with E-state index in [1.54, 1.807) is 64.2 Å². The van der Waals surface area contributed by atoms with E-state index in [-0.39, 0.29) is 10.8 Å². The van der Waals surface area contributed by atoms with Crippen LogP contribution in [-0.4, -0.2) is 36.6 Å². The van der Waals surface area contributed by atoms with E-state index in [9.17, 15) is 13.2 Å². The van der Waals surface area contributed by atoms with Gasteiger partial charge in [-0.2, -0.15) is 4.31 Å². The van der Waals surface area contributed by atoms with Crippen LogP contribution in [0.25, 0.3) is 6.08 Å². The lowest BCUT2D eigenvalue weighted by Crippen LogP contribution is -2.31. The van der Waals surface area contributed by atoms with Crippen molar-refractivity contribution in [1.82, 2.24) is 9.21 Å². The Labute approximate surface area is 194 Å². The Morgan fingerprint density at radius 2 is 1.45 bits per heavy atom. The highest BCUT2D eigenvalue weighted by Crippen LogP contribution is 2.21. The third kappa shape index (κ3) is 6.03. The van der Waals surface area contributed by atoms with Crippen LogP contribution < -0.4 is 0 Å². The minimum atomic E-state index is -3.49. The number of hydrogen-bond donors (Lipinski definition) is 0. The molecule has 1 saturated heterocycles. The molecule has 174 valence electrons. The summed E-state index contributed by atoms with van der Waals surface area (Å²) in [5, 5.41) is 0. The van der Waals surface area contributed by atoms with Gasteiger partial charge in [0, 0.05) is 19.2 Å². The van der Waals surface area contributed by atoms with Gasteiger partial charge in [0.25, 0.3) is 0 Å². The van der Waals surface area contributed by atoms with Gasteiger partial charge in [-0.25, -0.2) is 8.42 Å². The second-order valence-corrected chi connectivity index (χ2v) is 10.0. The van der Waals surface area contributed by atoms with Gasteiger partial charge in [-0.1, -0.05) is 25.0 Å². The first-order chi connectivity index (χ1) is 16.0. The Hall–Kier alpha value is -3.10. The number of nitrogens with zero attached hydrogens (tertiary/aromatic N) is 2. The molecule has 1 amide bonds. The van der Waals surface area contributed by atoms with E-state index in [4.69, 9.17) is 8.83 Å². The Bertz CT molecular complexity index is 1110. The van der Waals surface area contributed by atoms with Crippen molar-refractivity contribution in [3.8, 4) is 0 Å².